The summed E-state index contributed by atoms with van der Waals surface area (Å²) in [6, 6.07) is 1.54. The predicted octanol–water partition coefficient (Wildman–Crippen LogP) is 0.724. The van der Waals surface area contributed by atoms with Crippen molar-refractivity contribution in [2.45, 2.75) is 6.42 Å². The van der Waals surface area contributed by atoms with Crippen LogP contribution in [0.5, 0.6) is 5.88 Å². The lowest BCUT2D eigenvalue weighted by molar-refractivity contribution is 0.0680. The van der Waals surface area contributed by atoms with Crippen molar-refractivity contribution in [3.8, 4) is 5.88 Å². The van der Waals surface area contributed by atoms with Crippen LogP contribution in [0, 0.1) is 11.3 Å². The van der Waals surface area contributed by atoms with Gasteiger partial charge in [-0.1, -0.05) is 0 Å². The number of ether oxygens (including phenoxy) is 2. The fourth-order valence-corrected chi connectivity index (χ4v) is 3.88. The molecule has 2 aliphatic rings. The first-order valence-electron chi connectivity index (χ1n) is 7.55. The Kier molecular flexibility index (Phi) is 4.10. The Morgan fingerprint density at radius 2 is 2.32 bits per heavy atom. The lowest BCUT2D eigenvalue weighted by Crippen LogP contribution is -2.38. The van der Waals surface area contributed by atoms with Crippen molar-refractivity contribution in [1.29, 1.82) is 0 Å². The molecule has 122 valence electrons. The zero-order valence-corrected chi connectivity index (χ0v) is 13.4. The fourth-order valence-electron chi connectivity index (χ4n) is 3.88. The van der Waals surface area contributed by atoms with Gasteiger partial charge in [0.25, 0.3) is 11.8 Å². The highest BCUT2D eigenvalue weighted by atomic mass is 16.5. The van der Waals surface area contributed by atoms with Crippen LogP contribution < -0.4 is 4.74 Å². The second kappa shape index (κ2) is 5.89. The number of carbonyl (C=O) groups is 1. The van der Waals surface area contributed by atoms with E-state index >= 15 is 0 Å². The molecule has 2 atom stereocenters. The Bertz CT molecular complexity index is 547. The molecule has 22 heavy (non-hydrogen) atoms. The first kappa shape index (κ1) is 15.3. The highest BCUT2D eigenvalue weighted by Crippen LogP contribution is 2.43. The zero-order valence-electron chi connectivity index (χ0n) is 13.4. The van der Waals surface area contributed by atoms with Crippen LogP contribution in [0.2, 0.25) is 0 Å². The number of carbonyl (C=O) groups excluding carboxylic acids is 1. The van der Waals surface area contributed by atoms with Crippen molar-refractivity contribution >= 4 is 5.91 Å². The largest absolute Gasteiger partial charge is 0.479 e. The third-order valence-corrected chi connectivity index (χ3v) is 4.93. The third kappa shape index (κ3) is 2.59. The van der Waals surface area contributed by atoms with E-state index in [4.69, 9.17) is 14.0 Å². The van der Waals surface area contributed by atoms with Crippen LogP contribution >= 0.6 is 0 Å². The molecule has 0 N–H and O–H groups in total. The van der Waals surface area contributed by atoms with Crippen LogP contribution in [0.25, 0.3) is 0 Å². The molecule has 2 saturated heterocycles. The molecule has 2 aliphatic heterocycles. The van der Waals surface area contributed by atoms with Gasteiger partial charge in [-0.25, -0.2) is 0 Å². The third-order valence-electron chi connectivity index (χ3n) is 4.93. The summed E-state index contributed by atoms with van der Waals surface area (Å²) in [6.07, 6.45) is 1.00. The average molecular weight is 309 g/mol. The summed E-state index contributed by atoms with van der Waals surface area (Å²) in [4.78, 5) is 16.7. The minimum Gasteiger partial charge on any atom is -0.479 e. The van der Waals surface area contributed by atoms with Gasteiger partial charge in [0.1, 0.15) is 0 Å². The zero-order chi connectivity index (χ0) is 15.7. The summed E-state index contributed by atoms with van der Waals surface area (Å²) in [5, 5.41) is 3.70. The van der Waals surface area contributed by atoms with Gasteiger partial charge >= 0.3 is 0 Å². The maximum Gasteiger partial charge on any atom is 0.292 e. The van der Waals surface area contributed by atoms with Crippen molar-refractivity contribution < 1.29 is 18.8 Å². The summed E-state index contributed by atoms with van der Waals surface area (Å²) in [6.45, 7) is 4.25. The Morgan fingerprint density at radius 3 is 3.00 bits per heavy atom. The van der Waals surface area contributed by atoms with Crippen molar-refractivity contribution in [1.82, 2.24) is 15.0 Å². The van der Waals surface area contributed by atoms with E-state index < -0.39 is 0 Å². The molecule has 1 aromatic heterocycles. The van der Waals surface area contributed by atoms with Crippen LogP contribution in [0.3, 0.4) is 0 Å². The molecule has 0 unspecified atom stereocenters. The summed E-state index contributed by atoms with van der Waals surface area (Å²) in [7, 11) is 5.37. The topological polar surface area (TPSA) is 68.0 Å². The molecule has 1 amide bonds. The molecule has 2 fully saturated rings. The number of likely N-dealkylation sites (tertiary alicyclic amines) is 2. The number of methoxy groups -OCH3 is 2. The number of nitrogens with zero attached hydrogens (tertiary/aromatic N) is 3. The summed E-state index contributed by atoms with van der Waals surface area (Å²) >= 11 is 0. The Morgan fingerprint density at radius 1 is 1.50 bits per heavy atom. The van der Waals surface area contributed by atoms with Crippen LogP contribution in [0.4, 0.5) is 0 Å². The van der Waals surface area contributed by atoms with E-state index in [9.17, 15) is 4.79 Å². The normalized spacial score (nSPS) is 28.7. The maximum atomic E-state index is 12.6. The van der Waals surface area contributed by atoms with Crippen LogP contribution in [0.15, 0.2) is 10.6 Å². The van der Waals surface area contributed by atoms with Crippen molar-refractivity contribution in [2.75, 3.05) is 54.1 Å². The minimum atomic E-state index is -0.113. The van der Waals surface area contributed by atoms with Gasteiger partial charge in [0.15, 0.2) is 0 Å². The second-order valence-corrected chi connectivity index (χ2v) is 6.42. The van der Waals surface area contributed by atoms with Gasteiger partial charge in [-0.3, -0.25) is 4.79 Å². The van der Waals surface area contributed by atoms with Crippen molar-refractivity contribution in [2.24, 2.45) is 11.3 Å². The molecule has 0 bridgehead atoms. The van der Waals surface area contributed by atoms with E-state index in [1.54, 1.807) is 13.2 Å². The lowest BCUT2D eigenvalue weighted by atomic mass is 9.78. The average Bonchev–Trinajstić information content (AvgIpc) is 3.19. The van der Waals surface area contributed by atoms with E-state index in [-0.39, 0.29) is 17.1 Å². The molecule has 0 aromatic carbocycles. The Labute approximate surface area is 130 Å². The van der Waals surface area contributed by atoms with Crippen molar-refractivity contribution in [3.05, 3.63) is 11.8 Å². The second-order valence-electron chi connectivity index (χ2n) is 6.42. The highest BCUT2D eigenvalue weighted by Gasteiger charge is 2.50. The quantitative estimate of drug-likeness (QED) is 0.816. The van der Waals surface area contributed by atoms with Gasteiger partial charge in [0.05, 0.1) is 19.8 Å². The molecule has 7 heteroatoms. The monoisotopic (exact) mass is 309 g/mol. The van der Waals surface area contributed by atoms with Gasteiger partial charge in [-0.05, 0) is 18.6 Å². The Balaban J connectivity index is 1.72. The van der Waals surface area contributed by atoms with E-state index in [1.807, 2.05) is 4.90 Å². The molecule has 1 aromatic rings. The predicted molar refractivity (Wildman–Crippen MR) is 78.9 cm³/mol. The number of amides is 1. The van der Waals surface area contributed by atoms with E-state index in [2.05, 4.69) is 17.1 Å². The molecule has 7 nitrogen and oxygen atoms in total. The highest BCUT2D eigenvalue weighted by molar-refractivity contribution is 5.91. The van der Waals surface area contributed by atoms with Gasteiger partial charge in [-0.15, -0.1) is 0 Å². The Hall–Kier alpha value is -1.60. The van der Waals surface area contributed by atoms with E-state index in [1.165, 1.54) is 7.11 Å². The summed E-state index contributed by atoms with van der Waals surface area (Å²) < 4.78 is 15.4. The number of hydrogen-bond donors (Lipinski definition) is 0. The van der Waals surface area contributed by atoms with Crippen LogP contribution in [0.1, 0.15) is 17.0 Å². The van der Waals surface area contributed by atoms with E-state index in [0.717, 1.165) is 39.2 Å². The maximum absolute atomic E-state index is 12.6. The standard InChI is InChI=1S/C15H23N3O4/c1-17-7-11(8-20-2)15(9-17)4-5-18(10-15)14(19)12-6-13(21-3)16-22-12/h6,11H,4-5,7-10H2,1-3H3/t11-,15-/m1/s1. The first-order chi connectivity index (χ1) is 10.6. The van der Waals surface area contributed by atoms with Gasteiger partial charge in [-0.2, -0.15) is 0 Å². The molecule has 3 rings (SSSR count). The lowest BCUT2D eigenvalue weighted by Gasteiger charge is -2.29. The van der Waals surface area contributed by atoms with E-state index in [0.29, 0.717) is 11.8 Å². The van der Waals surface area contributed by atoms with Gasteiger partial charge in [0, 0.05) is 44.6 Å². The molecule has 0 radical (unpaired) electrons. The molecular weight excluding hydrogens is 286 g/mol. The fraction of sp³-hybridized carbons (Fsp3) is 0.733. The summed E-state index contributed by atoms with van der Waals surface area (Å²) in [5.74, 6) is 0.918. The smallest absolute Gasteiger partial charge is 0.292 e. The minimum absolute atomic E-state index is 0.113. The molecule has 3 heterocycles. The summed E-state index contributed by atoms with van der Waals surface area (Å²) in [5.41, 5.74) is 0.129. The molecular formula is C15H23N3O4. The number of aromatic nitrogens is 1. The van der Waals surface area contributed by atoms with Gasteiger partial charge < -0.3 is 23.8 Å². The van der Waals surface area contributed by atoms with Crippen LogP contribution in [-0.2, 0) is 4.74 Å². The van der Waals surface area contributed by atoms with Crippen LogP contribution in [-0.4, -0.2) is 74.9 Å². The molecule has 0 aliphatic carbocycles. The molecule has 1 spiro atoms. The van der Waals surface area contributed by atoms with Gasteiger partial charge in [0.2, 0.25) is 5.76 Å². The SMILES string of the molecule is COC[C@H]1CN(C)C[C@@]12CCN(C(=O)c1cc(OC)no1)C2. The number of hydrogen-bond acceptors (Lipinski definition) is 6. The number of rotatable bonds is 4. The first-order valence-corrected chi connectivity index (χ1v) is 7.55. The van der Waals surface area contributed by atoms with Crippen molar-refractivity contribution in [3.63, 3.8) is 0 Å². The molecule has 0 saturated carbocycles.